The highest BCUT2D eigenvalue weighted by Crippen LogP contribution is 2.17. The number of carboxylic acids is 1. The summed E-state index contributed by atoms with van der Waals surface area (Å²) in [5.41, 5.74) is 1.41. The second kappa shape index (κ2) is 5.17. The number of halogens is 1. The molecule has 0 bridgehead atoms. The van der Waals surface area contributed by atoms with Gasteiger partial charge in [0.2, 0.25) is 5.91 Å². The Labute approximate surface area is 109 Å². The fraction of sp³-hybridized carbons (Fsp3) is 0.308. The molecule has 0 atom stereocenters. The third kappa shape index (κ3) is 2.96. The topological polar surface area (TPSA) is 70.0 Å². The monoisotopic (exact) mass is 264 g/mol. The number of carbonyl (C=O) groups excluding carboxylic acids is 1. The summed E-state index contributed by atoms with van der Waals surface area (Å²) in [5, 5.41) is 13.8. The first-order chi connectivity index (χ1) is 8.97. The van der Waals surface area contributed by atoms with E-state index in [1.807, 2.05) is 0 Å². The number of aryl methyl sites for hydroxylation is 1. The normalized spacial score (nSPS) is 15.4. The van der Waals surface area contributed by atoms with Gasteiger partial charge in [0, 0.05) is 12.8 Å². The minimum absolute atomic E-state index is 0.0284. The van der Waals surface area contributed by atoms with E-state index in [9.17, 15) is 14.0 Å². The standard InChI is InChI=1S/C13H13FN2O3/c1-8-6-10(14)3-2-9(8)7-16-12(17)5-4-11(15-16)13(18)19/h2-3,6H,4-5,7H2,1H3,(H,18,19). The van der Waals surface area contributed by atoms with Crippen molar-refractivity contribution in [2.45, 2.75) is 26.3 Å². The van der Waals surface area contributed by atoms with Crippen molar-refractivity contribution in [1.82, 2.24) is 5.01 Å². The Hall–Kier alpha value is -2.24. The zero-order chi connectivity index (χ0) is 14.0. The van der Waals surface area contributed by atoms with Gasteiger partial charge < -0.3 is 5.11 Å². The number of hydrogen-bond acceptors (Lipinski definition) is 3. The first kappa shape index (κ1) is 13.2. The van der Waals surface area contributed by atoms with Crippen LogP contribution in [0.3, 0.4) is 0 Å². The fourth-order valence-corrected chi connectivity index (χ4v) is 1.88. The number of hydrogen-bond donors (Lipinski definition) is 1. The third-order valence-electron chi connectivity index (χ3n) is 2.98. The van der Waals surface area contributed by atoms with Crippen LogP contribution in [0.5, 0.6) is 0 Å². The van der Waals surface area contributed by atoms with Gasteiger partial charge in [-0.15, -0.1) is 0 Å². The molecule has 1 amide bonds. The summed E-state index contributed by atoms with van der Waals surface area (Å²) in [6.07, 6.45) is 0.276. The fourth-order valence-electron chi connectivity index (χ4n) is 1.88. The number of benzene rings is 1. The summed E-state index contributed by atoms with van der Waals surface area (Å²) in [5.74, 6) is -1.69. The molecule has 1 aliphatic heterocycles. The molecule has 0 radical (unpaired) electrons. The van der Waals surface area contributed by atoms with Crippen LogP contribution in [0, 0.1) is 12.7 Å². The van der Waals surface area contributed by atoms with E-state index >= 15 is 0 Å². The van der Waals surface area contributed by atoms with E-state index in [1.54, 1.807) is 13.0 Å². The lowest BCUT2D eigenvalue weighted by atomic mass is 10.1. The van der Waals surface area contributed by atoms with E-state index in [1.165, 1.54) is 12.1 Å². The van der Waals surface area contributed by atoms with Gasteiger partial charge in [-0.25, -0.2) is 14.2 Å². The maximum atomic E-state index is 13.0. The summed E-state index contributed by atoms with van der Waals surface area (Å²) in [6, 6.07) is 4.24. The molecule has 5 nitrogen and oxygen atoms in total. The summed E-state index contributed by atoms with van der Waals surface area (Å²) < 4.78 is 13.0. The Kier molecular flexibility index (Phi) is 3.59. The Morgan fingerprint density at radius 3 is 2.84 bits per heavy atom. The van der Waals surface area contributed by atoms with Crippen LogP contribution in [0.1, 0.15) is 24.0 Å². The average molecular weight is 264 g/mol. The molecular formula is C13H13FN2O3. The van der Waals surface area contributed by atoms with Gasteiger partial charge in [0.05, 0.1) is 6.54 Å². The van der Waals surface area contributed by atoms with E-state index in [0.29, 0.717) is 5.56 Å². The van der Waals surface area contributed by atoms with Crippen molar-refractivity contribution in [3.05, 3.63) is 35.1 Å². The lowest BCUT2D eigenvalue weighted by molar-refractivity contribution is -0.133. The second-order valence-corrected chi connectivity index (χ2v) is 4.37. The Bertz CT molecular complexity index is 569. The van der Waals surface area contributed by atoms with Gasteiger partial charge in [0.15, 0.2) is 0 Å². The molecule has 0 unspecified atom stereocenters. The van der Waals surface area contributed by atoms with Gasteiger partial charge in [-0.3, -0.25) is 4.79 Å². The molecule has 1 heterocycles. The van der Waals surface area contributed by atoms with E-state index < -0.39 is 5.97 Å². The maximum Gasteiger partial charge on any atom is 0.352 e. The second-order valence-electron chi connectivity index (χ2n) is 4.37. The predicted octanol–water partition coefficient (Wildman–Crippen LogP) is 1.70. The Morgan fingerprint density at radius 2 is 2.21 bits per heavy atom. The summed E-state index contributed by atoms with van der Waals surface area (Å²) in [4.78, 5) is 22.5. The molecule has 0 aromatic heterocycles. The minimum Gasteiger partial charge on any atom is -0.477 e. The molecule has 0 saturated carbocycles. The Balaban J connectivity index is 2.23. The average Bonchev–Trinajstić information content (AvgIpc) is 2.34. The van der Waals surface area contributed by atoms with Gasteiger partial charge in [-0.05, 0) is 30.2 Å². The van der Waals surface area contributed by atoms with Crippen LogP contribution in [0.15, 0.2) is 23.3 Å². The van der Waals surface area contributed by atoms with Gasteiger partial charge in [0.25, 0.3) is 0 Å². The van der Waals surface area contributed by atoms with Gasteiger partial charge in [0.1, 0.15) is 11.5 Å². The van der Waals surface area contributed by atoms with Crippen LogP contribution in [0.25, 0.3) is 0 Å². The Morgan fingerprint density at radius 1 is 1.47 bits per heavy atom. The molecule has 1 aliphatic rings. The van der Waals surface area contributed by atoms with Crippen LogP contribution in [-0.2, 0) is 16.1 Å². The van der Waals surface area contributed by atoms with E-state index in [4.69, 9.17) is 5.11 Å². The van der Waals surface area contributed by atoms with Crippen molar-refractivity contribution >= 4 is 17.6 Å². The molecule has 0 spiro atoms. The van der Waals surface area contributed by atoms with Crippen molar-refractivity contribution in [3.8, 4) is 0 Å². The molecule has 1 aromatic rings. The first-order valence-electron chi connectivity index (χ1n) is 5.83. The number of aliphatic carboxylic acids is 1. The van der Waals surface area contributed by atoms with E-state index in [2.05, 4.69) is 5.10 Å². The SMILES string of the molecule is Cc1cc(F)ccc1CN1N=C(C(=O)O)CCC1=O. The largest absolute Gasteiger partial charge is 0.477 e. The molecule has 2 rings (SSSR count). The number of amides is 1. The number of hydrazone groups is 1. The van der Waals surface area contributed by atoms with Crippen LogP contribution in [-0.4, -0.2) is 27.7 Å². The first-order valence-corrected chi connectivity index (χ1v) is 5.83. The van der Waals surface area contributed by atoms with E-state index in [-0.39, 0.29) is 36.8 Å². The molecule has 0 aliphatic carbocycles. The van der Waals surface area contributed by atoms with Gasteiger partial charge >= 0.3 is 5.97 Å². The highest BCUT2D eigenvalue weighted by atomic mass is 19.1. The predicted molar refractivity (Wildman–Crippen MR) is 66.0 cm³/mol. The molecular weight excluding hydrogens is 251 g/mol. The molecule has 19 heavy (non-hydrogen) atoms. The number of rotatable bonds is 3. The highest BCUT2D eigenvalue weighted by Gasteiger charge is 2.24. The third-order valence-corrected chi connectivity index (χ3v) is 2.98. The lowest BCUT2D eigenvalue weighted by Gasteiger charge is -2.22. The van der Waals surface area contributed by atoms with Crippen LogP contribution >= 0.6 is 0 Å². The molecule has 100 valence electrons. The van der Waals surface area contributed by atoms with Crippen molar-refractivity contribution in [2.75, 3.05) is 0 Å². The number of carboxylic acid groups (broad SMARTS) is 1. The minimum atomic E-state index is -1.12. The summed E-state index contributed by atoms with van der Waals surface area (Å²) in [7, 11) is 0. The van der Waals surface area contributed by atoms with E-state index in [0.717, 1.165) is 10.6 Å². The van der Waals surface area contributed by atoms with Crippen LogP contribution < -0.4 is 0 Å². The quantitative estimate of drug-likeness (QED) is 0.903. The smallest absolute Gasteiger partial charge is 0.352 e. The maximum absolute atomic E-state index is 13.0. The van der Waals surface area contributed by atoms with Crippen molar-refractivity contribution in [1.29, 1.82) is 0 Å². The zero-order valence-corrected chi connectivity index (χ0v) is 10.4. The number of carbonyl (C=O) groups is 2. The van der Waals surface area contributed by atoms with Crippen molar-refractivity contribution in [3.63, 3.8) is 0 Å². The van der Waals surface area contributed by atoms with Crippen LogP contribution in [0.2, 0.25) is 0 Å². The highest BCUT2D eigenvalue weighted by molar-refractivity contribution is 6.36. The van der Waals surface area contributed by atoms with Crippen molar-refractivity contribution < 1.29 is 19.1 Å². The van der Waals surface area contributed by atoms with Crippen molar-refractivity contribution in [2.24, 2.45) is 5.10 Å². The van der Waals surface area contributed by atoms with Gasteiger partial charge in [-0.1, -0.05) is 6.07 Å². The van der Waals surface area contributed by atoms with Gasteiger partial charge in [-0.2, -0.15) is 5.10 Å². The number of nitrogens with zero attached hydrogens (tertiary/aromatic N) is 2. The lowest BCUT2D eigenvalue weighted by Crippen LogP contribution is -2.34. The molecule has 6 heteroatoms. The molecule has 1 aromatic carbocycles. The summed E-state index contributed by atoms with van der Waals surface area (Å²) in [6.45, 7) is 1.89. The molecule has 1 N–H and O–H groups in total. The summed E-state index contributed by atoms with van der Waals surface area (Å²) >= 11 is 0. The zero-order valence-electron chi connectivity index (χ0n) is 10.4. The molecule has 0 saturated heterocycles. The molecule has 0 fully saturated rings. The van der Waals surface area contributed by atoms with Crippen LogP contribution in [0.4, 0.5) is 4.39 Å².